The summed E-state index contributed by atoms with van der Waals surface area (Å²) < 4.78 is 29.9. The van der Waals surface area contributed by atoms with E-state index in [1.54, 1.807) is 42.3 Å². The Morgan fingerprint density at radius 1 is 1.06 bits per heavy atom. The predicted octanol–water partition coefficient (Wildman–Crippen LogP) is 5.10. The Balaban J connectivity index is 2.12. The van der Waals surface area contributed by atoms with E-state index >= 15 is 0 Å². The van der Waals surface area contributed by atoms with Crippen LogP contribution in [-0.2, 0) is 21.2 Å². The molecule has 2 aromatic rings. The number of amides is 1. The molecule has 0 radical (unpaired) electrons. The molecule has 2 rings (SSSR count). The molecule has 0 aliphatic rings. The number of halogens is 2. The molecule has 0 saturated heterocycles. The van der Waals surface area contributed by atoms with Crippen molar-refractivity contribution in [2.75, 3.05) is 26.7 Å². The van der Waals surface area contributed by atoms with Crippen molar-refractivity contribution in [2.45, 2.75) is 31.1 Å². The minimum Gasteiger partial charge on any atom is -0.342 e. The molecule has 0 unspecified atom stereocenters. The number of nitrogens with zero attached hydrogens (tertiary/aromatic N) is 2. The van der Waals surface area contributed by atoms with Gasteiger partial charge >= 0.3 is 0 Å². The van der Waals surface area contributed by atoms with Crippen molar-refractivity contribution in [3.63, 3.8) is 0 Å². The number of benzene rings is 2. The van der Waals surface area contributed by atoms with Crippen LogP contribution in [0.4, 0.5) is 0 Å². The van der Waals surface area contributed by atoms with Crippen molar-refractivity contribution in [2.24, 2.45) is 0 Å². The van der Waals surface area contributed by atoms with Crippen molar-refractivity contribution < 1.29 is 13.2 Å². The lowest BCUT2D eigenvalue weighted by Gasteiger charge is -2.21. The second-order valence-corrected chi connectivity index (χ2v) is 11.3. The van der Waals surface area contributed by atoms with Crippen LogP contribution in [0.1, 0.15) is 25.3 Å². The number of sulfonamides is 1. The molecule has 31 heavy (non-hydrogen) atoms. The summed E-state index contributed by atoms with van der Waals surface area (Å²) in [5, 5.41) is 0. The van der Waals surface area contributed by atoms with Gasteiger partial charge in [-0.15, -0.1) is 0 Å². The fourth-order valence-corrected chi connectivity index (χ4v) is 5.07. The zero-order valence-electron chi connectivity index (χ0n) is 17.8. The Morgan fingerprint density at radius 3 is 2.32 bits per heavy atom. The third kappa shape index (κ3) is 8.32. The topological polar surface area (TPSA) is 57.7 Å². The third-order valence-electron chi connectivity index (χ3n) is 4.74. The first-order valence-corrected chi connectivity index (χ1v) is 13.5. The summed E-state index contributed by atoms with van der Waals surface area (Å²) in [7, 11) is -1.93. The largest absolute Gasteiger partial charge is 0.342 e. The zero-order valence-corrected chi connectivity index (χ0v) is 22.4. The average molecular weight is 619 g/mol. The molecule has 0 saturated carbocycles. The van der Waals surface area contributed by atoms with Gasteiger partial charge in [0.05, 0.1) is 4.90 Å². The highest BCUT2D eigenvalue weighted by Gasteiger charge is 2.23. The van der Waals surface area contributed by atoms with Crippen LogP contribution < -0.4 is 0 Å². The van der Waals surface area contributed by atoms with E-state index in [9.17, 15) is 13.2 Å². The van der Waals surface area contributed by atoms with E-state index in [2.05, 4.69) is 50.7 Å². The number of rotatable bonds is 11. The molecule has 0 aliphatic heterocycles. The molecule has 0 bridgehead atoms. The number of aryl methyl sites for hydroxylation is 1. The summed E-state index contributed by atoms with van der Waals surface area (Å²) in [5.74, 6) is -0.123. The first kappa shape index (κ1) is 26.0. The second kappa shape index (κ2) is 12.7. The van der Waals surface area contributed by atoms with E-state index in [-0.39, 0.29) is 17.3 Å². The van der Waals surface area contributed by atoms with Gasteiger partial charge in [0.15, 0.2) is 0 Å². The molecule has 0 heterocycles. The molecule has 0 aliphatic carbocycles. The lowest BCUT2D eigenvalue weighted by molar-refractivity contribution is -0.124. The molecule has 0 spiro atoms. The van der Waals surface area contributed by atoms with Crippen LogP contribution in [0.2, 0.25) is 0 Å². The molecule has 2 aromatic carbocycles. The molecule has 0 atom stereocenters. The Kier molecular flexibility index (Phi) is 10.7. The van der Waals surface area contributed by atoms with Gasteiger partial charge in [-0.1, -0.05) is 41.1 Å². The predicted molar refractivity (Wildman–Crippen MR) is 137 cm³/mol. The third-order valence-corrected chi connectivity index (χ3v) is 7.87. The summed E-state index contributed by atoms with van der Waals surface area (Å²) >= 11 is 5.61. The van der Waals surface area contributed by atoms with E-state index in [1.807, 2.05) is 19.1 Å². The highest BCUT2D eigenvalue weighted by atomic mass is 127. The maximum absolute atomic E-state index is 13.2. The fourth-order valence-electron chi connectivity index (χ4n) is 3.02. The molecule has 0 aromatic heterocycles. The standard InChI is InChI=1S/C23H28BrIN2O3S/c1-3-16-26(2)23(28)7-5-18-27(17-4-6-19-8-12-21(25)13-9-19)31(29,30)22-14-10-20(24)11-15-22/h5,7-15H,3-4,6,16-18H2,1-2H3/b7-5+. The number of likely N-dealkylation sites (N-methyl/N-ethyl adjacent to an activating group) is 1. The van der Waals surface area contributed by atoms with Crippen molar-refractivity contribution in [3.05, 3.63) is 74.3 Å². The van der Waals surface area contributed by atoms with Crippen molar-refractivity contribution in [1.82, 2.24) is 9.21 Å². The summed E-state index contributed by atoms with van der Waals surface area (Å²) in [4.78, 5) is 14.0. The van der Waals surface area contributed by atoms with Gasteiger partial charge in [0, 0.05) is 40.8 Å². The van der Waals surface area contributed by atoms with Gasteiger partial charge < -0.3 is 4.90 Å². The number of carbonyl (C=O) groups excluding carboxylic acids is 1. The summed E-state index contributed by atoms with van der Waals surface area (Å²) in [6.07, 6.45) is 5.44. The fraction of sp³-hybridized carbons (Fsp3) is 0.348. The SMILES string of the molecule is CCCN(C)C(=O)/C=C/CN(CCCc1ccc(I)cc1)S(=O)(=O)c1ccc(Br)cc1. The van der Waals surface area contributed by atoms with Crippen LogP contribution in [0.25, 0.3) is 0 Å². The van der Waals surface area contributed by atoms with Gasteiger partial charge in [0.25, 0.3) is 0 Å². The molecular formula is C23H28BrIN2O3S. The number of hydrogen-bond acceptors (Lipinski definition) is 3. The molecule has 8 heteroatoms. The van der Waals surface area contributed by atoms with E-state index in [0.717, 1.165) is 17.3 Å². The highest BCUT2D eigenvalue weighted by Crippen LogP contribution is 2.20. The molecule has 5 nitrogen and oxygen atoms in total. The Labute approximate surface area is 207 Å². The zero-order chi connectivity index (χ0) is 22.9. The van der Waals surface area contributed by atoms with Gasteiger partial charge in [-0.2, -0.15) is 4.31 Å². The second-order valence-electron chi connectivity index (χ2n) is 7.21. The van der Waals surface area contributed by atoms with Crippen molar-refractivity contribution in [3.8, 4) is 0 Å². The Hall–Kier alpha value is -1.23. The Morgan fingerprint density at radius 2 is 1.71 bits per heavy atom. The molecule has 0 N–H and O–H groups in total. The van der Waals surface area contributed by atoms with E-state index in [1.165, 1.54) is 19.5 Å². The molecule has 0 fully saturated rings. The monoisotopic (exact) mass is 618 g/mol. The smallest absolute Gasteiger partial charge is 0.246 e. The minimum absolute atomic E-state index is 0.123. The van der Waals surface area contributed by atoms with Crippen LogP contribution in [0.5, 0.6) is 0 Å². The quantitative estimate of drug-likeness (QED) is 0.260. The van der Waals surface area contributed by atoms with Crippen molar-refractivity contribution in [1.29, 1.82) is 0 Å². The van der Waals surface area contributed by atoms with Gasteiger partial charge in [0.1, 0.15) is 0 Å². The number of hydrogen-bond donors (Lipinski definition) is 0. The highest BCUT2D eigenvalue weighted by molar-refractivity contribution is 14.1. The van der Waals surface area contributed by atoms with Crippen LogP contribution >= 0.6 is 38.5 Å². The summed E-state index contributed by atoms with van der Waals surface area (Å²) in [6.45, 7) is 3.19. The Bertz CT molecular complexity index is 977. The number of carbonyl (C=O) groups is 1. The maximum Gasteiger partial charge on any atom is 0.246 e. The minimum atomic E-state index is -3.67. The molecule has 168 valence electrons. The summed E-state index contributed by atoms with van der Waals surface area (Å²) in [6, 6.07) is 14.9. The molecule has 1 amide bonds. The van der Waals surface area contributed by atoms with E-state index < -0.39 is 10.0 Å². The van der Waals surface area contributed by atoms with Gasteiger partial charge in [0.2, 0.25) is 15.9 Å². The normalized spacial score (nSPS) is 11.9. The van der Waals surface area contributed by atoms with E-state index in [4.69, 9.17) is 0 Å². The first-order chi connectivity index (χ1) is 14.7. The van der Waals surface area contributed by atoms with Gasteiger partial charge in [-0.05, 0) is 83.8 Å². The maximum atomic E-state index is 13.2. The lowest BCUT2D eigenvalue weighted by Crippen LogP contribution is -2.33. The van der Waals surface area contributed by atoms with Crippen LogP contribution in [0.3, 0.4) is 0 Å². The summed E-state index contributed by atoms with van der Waals surface area (Å²) in [5.41, 5.74) is 1.17. The van der Waals surface area contributed by atoms with Crippen LogP contribution in [0.15, 0.2) is 70.1 Å². The van der Waals surface area contributed by atoms with Crippen LogP contribution in [0, 0.1) is 3.57 Å². The van der Waals surface area contributed by atoms with E-state index in [0.29, 0.717) is 19.5 Å². The van der Waals surface area contributed by atoms with Crippen molar-refractivity contribution >= 4 is 54.5 Å². The van der Waals surface area contributed by atoms with Crippen LogP contribution in [-0.4, -0.2) is 50.2 Å². The first-order valence-electron chi connectivity index (χ1n) is 10.2. The molecular weight excluding hydrogens is 591 g/mol. The van der Waals surface area contributed by atoms with Gasteiger partial charge in [-0.3, -0.25) is 4.79 Å². The van der Waals surface area contributed by atoms with Gasteiger partial charge in [-0.25, -0.2) is 8.42 Å². The lowest BCUT2D eigenvalue weighted by atomic mass is 10.1. The average Bonchev–Trinajstić information content (AvgIpc) is 2.74.